The zero-order chi connectivity index (χ0) is 13.7. The van der Waals surface area contributed by atoms with Gasteiger partial charge in [-0.2, -0.15) is 9.36 Å². The van der Waals surface area contributed by atoms with Gasteiger partial charge in [0.1, 0.15) is 0 Å². The highest BCUT2D eigenvalue weighted by Crippen LogP contribution is 2.24. The minimum Gasteiger partial charge on any atom is -0.383 e. The van der Waals surface area contributed by atoms with Crippen LogP contribution in [-0.2, 0) is 4.74 Å². The first kappa shape index (κ1) is 13.4. The first-order chi connectivity index (χ1) is 9.20. The molecule has 0 radical (unpaired) electrons. The number of rotatable bonds is 6. The average Bonchev–Trinajstić information content (AvgIpc) is 2.88. The van der Waals surface area contributed by atoms with Crippen LogP contribution < -0.4 is 5.32 Å². The van der Waals surface area contributed by atoms with Crippen LogP contribution in [0.25, 0.3) is 11.4 Å². The summed E-state index contributed by atoms with van der Waals surface area (Å²) >= 11 is 1.21. The number of nitro benzene ring substituents is 1. The van der Waals surface area contributed by atoms with E-state index in [1.54, 1.807) is 19.2 Å². The summed E-state index contributed by atoms with van der Waals surface area (Å²) in [6.45, 7) is 1.21. The van der Waals surface area contributed by atoms with Gasteiger partial charge in [0.05, 0.1) is 11.5 Å². The summed E-state index contributed by atoms with van der Waals surface area (Å²) in [4.78, 5) is 14.5. The van der Waals surface area contributed by atoms with Gasteiger partial charge in [-0.25, -0.2) is 0 Å². The topological polar surface area (TPSA) is 90.2 Å². The lowest BCUT2D eigenvalue weighted by Gasteiger charge is -1.99. The number of nitrogens with zero attached hydrogens (tertiary/aromatic N) is 3. The molecule has 2 aromatic rings. The molecule has 0 aliphatic rings. The lowest BCUT2D eigenvalue weighted by molar-refractivity contribution is -0.384. The summed E-state index contributed by atoms with van der Waals surface area (Å²) in [6.07, 6.45) is 0. The number of anilines is 1. The largest absolute Gasteiger partial charge is 0.383 e. The van der Waals surface area contributed by atoms with E-state index in [9.17, 15) is 10.1 Å². The normalized spacial score (nSPS) is 10.4. The van der Waals surface area contributed by atoms with Crippen LogP contribution in [0, 0.1) is 10.1 Å². The summed E-state index contributed by atoms with van der Waals surface area (Å²) in [5.74, 6) is 0.480. The Morgan fingerprint density at radius 3 is 3.11 bits per heavy atom. The maximum Gasteiger partial charge on any atom is 0.270 e. The van der Waals surface area contributed by atoms with Crippen molar-refractivity contribution in [1.82, 2.24) is 9.36 Å². The molecule has 0 saturated carbocycles. The van der Waals surface area contributed by atoms with Crippen LogP contribution in [0.15, 0.2) is 24.3 Å². The number of non-ortho nitro benzene ring substituents is 1. The van der Waals surface area contributed by atoms with Gasteiger partial charge in [0.2, 0.25) is 5.13 Å². The Balaban J connectivity index is 2.13. The van der Waals surface area contributed by atoms with Crippen molar-refractivity contribution in [3.8, 4) is 11.4 Å². The summed E-state index contributed by atoms with van der Waals surface area (Å²) in [6, 6.07) is 6.26. The van der Waals surface area contributed by atoms with Crippen LogP contribution in [0.2, 0.25) is 0 Å². The first-order valence-electron chi connectivity index (χ1n) is 5.52. The minimum absolute atomic E-state index is 0.0289. The van der Waals surface area contributed by atoms with E-state index in [1.807, 2.05) is 0 Å². The Kier molecular flexibility index (Phi) is 4.37. The lowest BCUT2D eigenvalue weighted by Crippen LogP contribution is -2.06. The zero-order valence-electron chi connectivity index (χ0n) is 10.2. The summed E-state index contributed by atoms with van der Waals surface area (Å²) in [5, 5.41) is 14.4. The van der Waals surface area contributed by atoms with Crippen molar-refractivity contribution >= 4 is 22.4 Å². The van der Waals surface area contributed by atoms with Gasteiger partial charge < -0.3 is 10.1 Å². The molecule has 19 heavy (non-hydrogen) atoms. The molecule has 2 rings (SSSR count). The molecule has 1 aromatic heterocycles. The number of aromatic nitrogens is 2. The Bertz CT molecular complexity index is 573. The molecule has 0 unspecified atom stereocenters. The van der Waals surface area contributed by atoms with E-state index in [4.69, 9.17) is 4.74 Å². The predicted octanol–water partition coefficient (Wildman–Crippen LogP) is 2.17. The number of nitrogens with one attached hydrogen (secondary N) is 1. The van der Waals surface area contributed by atoms with Gasteiger partial charge in [0.25, 0.3) is 5.69 Å². The molecule has 0 fully saturated rings. The molecule has 0 atom stereocenters. The van der Waals surface area contributed by atoms with E-state index in [2.05, 4.69) is 14.7 Å². The Morgan fingerprint density at radius 1 is 1.53 bits per heavy atom. The third kappa shape index (κ3) is 3.46. The van der Waals surface area contributed by atoms with E-state index >= 15 is 0 Å². The quantitative estimate of drug-likeness (QED) is 0.495. The third-order valence-electron chi connectivity index (χ3n) is 2.32. The fraction of sp³-hybridized carbons (Fsp3) is 0.273. The van der Waals surface area contributed by atoms with E-state index in [0.717, 1.165) is 0 Å². The maximum absolute atomic E-state index is 10.7. The van der Waals surface area contributed by atoms with Crippen LogP contribution in [0.1, 0.15) is 0 Å². The van der Waals surface area contributed by atoms with Gasteiger partial charge in [0.15, 0.2) is 5.82 Å². The second-order valence-corrected chi connectivity index (χ2v) is 4.40. The van der Waals surface area contributed by atoms with Crippen molar-refractivity contribution in [2.24, 2.45) is 0 Å². The van der Waals surface area contributed by atoms with Crippen LogP contribution >= 0.6 is 11.5 Å². The van der Waals surface area contributed by atoms with E-state index < -0.39 is 4.92 Å². The Hall–Kier alpha value is -2.06. The smallest absolute Gasteiger partial charge is 0.270 e. The molecular formula is C11H12N4O3S. The molecule has 0 aliphatic carbocycles. The van der Waals surface area contributed by atoms with E-state index in [0.29, 0.717) is 29.7 Å². The van der Waals surface area contributed by atoms with Gasteiger partial charge in [-0.05, 0) is 0 Å². The average molecular weight is 280 g/mol. The second-order valence-electron chi connectivity index (χ2n) is 3.65. The fourth-order valence-electron chi connectivity index (χ4n) is 1.43. The van der Waals surface area contributed by atoms with Gasteiger partial charge in [-0.1, -0.05) is 12.1 Å². The van der Waals surface area contributed by atoms with Crippen LogP contribution in [0.4, 0.5) is 10.8 Å². The predicted molar refractivity (Wildman–Crippen MR) is 72.4 cm³/mol. The van der Waals surface area contributed by atoms with Gasteiger partial charge in [-0.15, -0.1) is 0 Å². The summed E-state index contributed by atoms with van der Waals surface area (Å²) < 4.78 is 9.09. The van der Waals surface area contributed by atoms with Crippen molar-refractivity contribution in [3.05, 3.63) is 34.4 Å². The lowest BCUT2D eigenvalue weighted by atomic mass is 10.2. The minimum atomic E-state index is -0.437. The molecule has 0 aliphatic heterocycles. The number of methoxy groups -OCH3 is 1. The standard InChI is InChI=1S/C11H12N4O3S/c1-18-6-5-12-11-13-10(14-19-11)8-3-2-4-9(7-8)15(16)17/h2-4,7H,5-6H2,1H3,(H,12,13,14). The molecule has 1 heterocycles. The fourth-order valence-corrected chi connectivity index (χ4v) is 2.04. The number of hydrogen-bond acceptors (Lipinski definition) is 7. The summed E-state index contributed by atoms with van der Waals surface area (Å²) in [5.41, 5.74) is 0.659. The highest BCUT2D eigenvalue weighted by atomic mass is 32.1. The molecule has 7 nitrogen and oxygen atoms in total. The summed E-state index contributed by atoms with van der Waals surface area (Å²) in [7, 11) is 1.62. The van der Waals surface area contributed by atoms with Crippen LogP contribution in [0.3, 0.4) is 0 Å². The second kappa shape index (κ2) is 6.21. The zero-order valence-corrected chi connectivity index (χ0v) is 11.0. The number of nitro groups is 1. The molecule has 0 spiro atoms. The van der Waals surface area contributed by atoms with Crippen molar-refractivity contribution in [1.29, 1.82) is 0 Å². The Morgan fingerprint density at radius 2 is 2.37 bits per heavy atom. The van der Waals surface area contributed by atoms with E-state index in [-0.39, 0.29) is 5.69 Å². The Labute approximate surface area is 113 Å². The van der Waals surface area contributed by atoms with Crippen molar-refractivity contribution in [3.63, 3.8) is 0 Å². The number of hydrogen-bond donors (Lipinski definition) is 1. The molecule has 0 amide bonds. The number of benzene rings is 1. The van der Waals surface area contributed by atoms with E-state index in [1.165, 1.54) is 23.7 Å². The molecule has 1 N–H and O–H groups in total. The van der Waals surface area contributed by atoms with Gasteiger partial charge >= 0.3 is 0 Å². The highest BCUT2D eigenvalue weighted by Gasteiger charge is 2.11. The molecule has 8 heteroatoms. The number of ether oxygens (including phenoxy) is 1. The van der Waals surface area contributed by atoms with Gasteiger partial charge in [0, 0.05) is 42.9 Å². The molecule has 0 bridgehead atoms. The third-order valence-corrected chi connectivity index (χ3v) is 3.00. The highest BCUT2D eigenvalue weighted by molar-refractivity contribution is 7.09. The van der Waals surface area contributed by atoms with Crippen LogP contribution in [0.5, 0.6) is 0 Å². The van der Waals surface area contributed by atoms with Crippen LogP contribution in [-0.4, -0.2) is 34.5 Å². The molecule has 100 valence electrons. The molecule has 0 saturated heterocycles. The molecule has 1 aromatic carbocycles. The maximum atomic E-state index is 10.7. The van der Waals surface area contributed by atoms with Crippen molar-refractivity contribution in [2.75, 3.05) is 25.6 Å². The van der Waals surface area contributed by atoms with Gasteiger partial charge in [-0.3, -0.25) is 10.1 Å². The molecular weight excluding hydrogens is 268 g/mol. The van der Waals surface area contributed by atoms with Crippen molar-refractivity contribution < 1.29 is 9.66 Å². The monoisotopic (exact) mass is 280 g/mol. The SMILES string of the molecule is COCCNc1nc(-c2cccc([N+](=O)[O-])c2)ns1. The first-order valence-corrected chi connectivity index (χ1v) is 6.29. The van der Waals surface area contributed by atoms with Crippen molar-refractivity contribution in [2.45, 2.75) is 0 Å².